The zero-order valence-electron chi connectivity index (χ0n) is 9.24. The highest BCUT2D eigenvalue weighted by molar-refractivity contribution is 5.05. The molecule has 0 aromatic rings. The molecule has 0 amide bonds. The van der Waals surface area contributed by atoms with Gasteiger partial charge >= 0.3 is 0 Å². The van der Waals surface area contributed by atoms with Crippen LogP contribution in [0.15, 0.2) is 24.3 Å². The maximum absolute atomic E-state index is 5.37. The van der Waals surface area contributed by atoms with Gasteiger partial charge in [-0.05, 0) is 19.3 Å². The highest BCUT2D eigenvalue weighted by Crippen LogP contribution is 2.12. The Morgan fingerprint density at radius 3 is 2.64 bits per heavy atom. The van der Waals surface area contributed by atoms with Crippen molar-refractivity contribution in [2.45, 2.75) is 51.0 Å². The summed E-state index contributed by atoms with van der Waals surface area (Å²) in [5.74, 6) is 0. The van der Waals surface area contributed by atoms with E-state index in [1.165, 1.54) is 44.9 Å². The Bertz CT molecular complexity index is 182. The molecule has 0 bridgehead atoms. The van der Waals surface area contributed by atoms with Crippen LogP contribution in [0.25, 0.3) is 0 Å². The van der Waals surface area contributed by atoms with Gasteiger partial charge in [-0.15, -0.1) is 0 Å². The molecule has 1 unspecified atom stereocenters. The Labute approximate surface area is 87.8 Å². The molecule has 0 heterocycles. The van der Waals surface area contributed by atoms with Crippen molar-refractivity contribution in [1.82, 2.24) is 0 Å². The molecule has 0 fully saturated rings. The van der Waals surface area contributed by atoms with Crippen LogP contribution in [0.1, 0.15) is 44.9 Å². The SMILES string of the molecule is COC1/C=C/C=C\CCCCCCC1. The quantitative estimate of drug-likeness (QED) is 0.616. The number of methoxy groups -OCH3 is 1. The average molecular weight is 194 g/mol. The molecule has 0 saturated carbocycles. The van der Waals surface area contributed by atoms with Gasteiger partial charge in [0, 0.05) is 7.11 Å². The molecular weight excluding hydrogens is 172 g/mol. The first-order valence-corrected chi connectivity index (χ1v) is 5.79. The van der Waals surface area contributed by atoms with Gasteiger partial charge < -0.3 is 4.74 Å². The van der Waals surface area contributed by atoms with Crippen LogP contribution in [0.4, 0.5) is 0 Å². The molecule has 0 aromatic heterocycles. The van der Waals surface area contributed by atoms with Gasteiger partial charge in [-0.1, -0.05) is 50.0 Å². The summed E-state index contributed by atoms with van der Waals surface area (Å²) in [5, 5.41) is 0. The molecule has 0 N–H and O–H groups in total. The maximum Gasteiger partial charge on any atom is 0.0755 e. The van der Waals surface area contributed by atoms with E-state index >= 15 is 0 Å². The number of ether oxygens (including phenoxy) is 1. The van der Waals surface area contributed by atoms with E-state index in [4.69, 9.17) is 4.74 Å². The van der Waals surface area contributed by atoms with Crippen LogP contribution in [0.5, 0.6) is 0 Å². The van der Waals surface area contributed by atoms with Crippen molar-refractivity contribution in [2.24, 2.45) is 0 Å². The minimum atomic E-state index is 0.319. The van der Waals surface area contributed by atoms with E-state index < -0.39 is 0 Å². The van der Waals surface area contributed by atoms with Gasteiger partial charge in [-0.2, -0.15) is 0 Å². The predicted molar refractivity (Wildman–Crippen MR) is 61.4 cm³/mol. The third-order valence-corrected chi connectivity index (χ3v) is 2.74. The lowest BCUT2D eigenvalue weighted by Crippen LogP contribution is -2.06. The van der Waals surface area contributed by atoms with Gasteiger partial charge in [-0.25, -0.2) is 0 Å². The van der Waals surface area contributed by atoms with E-state index in [0.717, 1.165) is 0 Å². The molecule has 1 aliphatic carbocycles. The van der Waals surface area contributed by atoms with Gasteiger partial charge in [-0.3, -0.25) is 0 Å². The summed E-state index contributed by atoms with van der Waals surface area (Å²) in [7, 11) is 1.80. The van der Waals surface area contributed by atoms with Crippen LogP contribution >= 0.6 is 0 Å². The van der Waals surface area contributed by atoms with Crippen molar-refractivity contribution in [3.8, 4) is 0 Å². The second-order valence-electron chi connectivity index (χ2n) is 3.93. The van der Waals surface area contributed by atoms with Crippen molar-refractivity contribution < 1.29 is 4.74 Å². The maximum atomic E-state index is 5.37. The van der Waals surface area contributed by atoms with Crippen molar-refractivity contribution in [3.63, 3.8) is 0 Å². The van der Waals surface area contributed by atoms with E-state index in [2.05, 4.69) is 24.3 Å². The minimum absolute atomic E-state index is 0.319. The van der Waals surface area contributed by atoms with Crippen molar-refractivity contribution >= 4 is 0 Å². The first kappa shape index (κ1) is 11.5. The highest BCUT2D eigenvalue weighted by Gasteiger charge is 2.01. The molecule has 0 aromatic carbocycles. The molecule has 14 heavy (non-hydrogen) atoms. The third-order valence-electron chi connectivity index (χ3n) is 2.74. The van der Waals surface area contributed by atoms with Crippen molar-refractivity contribution in [2.75, 3.05) is 7.11 Å². The van der Waals surface area contributed by atoms with Crippen LogP contribution in [-0.4, -0.2) is 13.2 Å². The van der Waals surface area contributed by atoms with Crippen LogP contribution in [0.3, 0.4) is 0 Å². The number of allylic oxidation sites excluding steroid dienone is 3. The van der Waals surface area contributed by atoms with Crippen LogP contribution in [0.2, 0.25) is 0 Å². The first-order chi connectivity index (χ1) is 6.93. The number of rotatable bonds is 1. The Balaban J connectivity index is 2.38. The van der Waals surface area contributed by atoms with Crippen molar-refractivity contribution in [3.05, 3.63) is 24.3 Å². The first-order valence-electron chi connectivity index (χ1n) is 5.79. The van der Waals surface area contributed by atoms with Crippen LogP contribution < -0.4 is 0 Å². The van der Waals surface area contributed by atoms with E-state index in [0.29, 0.717) is 6.10 Å². The van der Waals surface area contributed by atoms with Crippen molar-refractivity contribution in [1.29, 1.82) is 0 Å². The molecule has 1 heteroatoms. The molecule has 1 atom stereocenters. The van der Waals surface area contributed by atoms with Gasteiger partial charge in [0.05, 0.1) is 6.10 Å². The van der Waals surface area contributed by atoms with Gasteiger partial charge in [0.15, 0.2) is 0 Å². The fourth-order valence-electron chi connectivity index (χ4n) is 1.79. The fourth-order valence-corrected chi connectivity index (χ4v) is 1.79. The Hall–Kier alpha value is -0.560. The highest BCUT2D eigenvalue weighted by atomic mass is 16.5. The predicted octanol–water partition coefficient (Wildman–Crippen LogP) is 3.86. The molecule has 0 radical (unpaired) electrons. The second kappa shape index (κ2) is 7.81. The zero-order valence-corrected chi connectivity index (χ0v) is 9.24. The van der Waals surface area contributed by atoms with Gasteiger partial charge in [0.1, 0.15) is 0 Å². The van der Waals surface area contributed by atoms with E-state index in [1.807, 2.05) is 0 Å². The summed E-state index contributed by atoms with van der Waals surface area (Å²) in [4.78, 5) is 0. The Morgan fingerprint density at radius 2 is 1.79 bits per heavy atom. The standard InChI is InChI=1S/C13H22O/c1-14-13-11-9-7-5-3-2-4-6-8-10-12-13/h5,7,9,11,13H,2-4,6,8,10,12H2,1H3/b7-5-,11-9+. The van der Waals surface area contributed by atoms with Crippen LogP contribution in [-0.2, 0) is 4.74 Å². The lowest BCUT2D eigenvalue weighted by Gasteiger charge is -2.10. The van der Waals surface area contributed by atoms with E-state index in [-0.39, 0.29) is 0 Å². The minimum Gasteiger partial charge on any atom is -0.377 e. The van der Waals surface area contributed by atoms with E-state index in [1.54, 1.807) is 7.11 Å². The van der Waals surface area contributed by atoms with Gasteiger partial charge in [0.2, 0.25) is 0 Å². The smallest absolute Gasteiger partial charge is 0.0755 e. The fraction of sp³-hybridized carbons (Fsp3) is 0.692. The molecule has 1 aliphatic rings. The molecule has 80 valence electrons. The molecule has 0 aliphatic heterocycles. The number of hydrogen-bond acceptors (Lipinski definition) is 1. The topological polar surface area (TPSA) is 9.23 Å². The molecule has 1 nitrogen and oxygen atoms in total. The van der Waals surface area contributed by atoms with E-state index in [9.17, 15) is 0 Å². The molecular formula is C13H22O. The third kappa shape index (κ3) is 5.23. The molecule has 0 spiro atoms. The Kier molecular flexibility index (Phi) is 6.42. The normalized spacial score (nSPS) is 29.9. The summed E-state index contributed by atoms with van der Waals surface area (Å²) in [6.07, 6.45) is 18.2. The second-order valence-corrected chi connectivity index (χ2v) is 3.93. The lowest BCUT2D eigenvalue weighted by atomic mass is 10.1. The summed E-state index contributed by atoms with van der Waals surface area (Å²) >= 11 is 0. The molecule has 1 rings (SSSR count). The largest absolute Gasteiger partial charge is 0.377 e. The van der Waals surface area contributed by atoms with Crippen LogP contribution in [0, 0.1) is 0 Å². The Morgan fingerprint density at radius 1 is 1.00 bits per heavy atom. The monoisotopic (exact) mass is 194 g/mol. The summed E-state index contributed by atoms with van der Waals surface area (Å²) < 4.78 is 5.37. The summed E-state index contributed by atoms with van der Waals surface area (Å²) in [6, 6.07) is 0. The lowest BCUT2D eigenvalue weighted by molar-refractivity contribution is 0.131. The molecule has 0 saturated heterocycles. The summed E-state index contributed by atoms with van der Waals surface area (Å²) in [6.45, 7) is 0. The number of hydrogen-bond donors (Lipinski definition) is 0. The summed E-state index contributed by atoms with van der Waals surface area (Å²) in [5.41, 5.74) is 0. The van der Waals surface area contributed by atoms with Gasteiger partial charge in [0.25, 0.3) is 0 Å². The average Bonchev–Trinajstić information content (AvgIpc) is 2.19. The zero-order chi connectivity index (χ0) is 10.1.